The van der Waals surface area contributed by atoms with Crippen molar-refractivity contribution < 1.29 is 9.47 Å². The zero-order valence-corrected chi connectivity index (χ0v) is 12.6. The number of anilines is 1. The van der Waals surface area contributed by atoms with Gasteiger partial charge in [0.1, 0.15) is 11.5 Å². The van der Waals surface area contributed by atoms with Crippen LogP contribution < -0.4 is 14.8 Å². The molecule has 0 atom stereocenters. The maximum absolute atomic E-state index is 6.18. The van der Waals surface area contributed by atoms with E-state index in [1.807, 2.05) is 12.1 Å². The second-order valence-electron chi connectivity index (χ2n) is 5.29. The van der Waals surface area contributed by atoms with Gasteiger partial charge >= 0.3 is 0 Å². The smallest absolute Gasteiger partial charge is 0.145 e. The van der Waals surface area contributed by atoms with Gasteiger partial charge in [-0.15, -0.1) is 0 Å². The molecule has 0 spiro atoms. The van der Waals surface area contributed by atoms with Gasteiger partial charge in [-0.25, -0.2) is 0 Å². The topological polar surface area (TPSA) is 30.5 Å². The van der Waals surface area contributed by atoms with Crippen molar-refractivity contribution in [2.45, 2.75) is 38.6 Å². The highest BCUT2D eigenvalue weighted by Crippen LogP contribution is 2.37. The SMILES string of the molecule is COc1cc(OC)c(NC2CCC(C)CC2)cc1Cl. The van der Waals surface area contributed by atoms with Crippen LogP contribution in [0.15, 0.2) is 12.1 Å². The molecule has 2 rings (SSSR count). The molecule has 3 nitrogen and oxygen atoms in total. The maximum Gasteiger partial charge on any atom is 0.145 e. The second kappa shape index (κ2) is 6.38. The Kier molecular flexibility index (Phi) is 4.81. The number of rotatable bonds is 4. The summed E-state index contributed by atoms with van der Waals surface area (Å²) >= 11 is 6.18. The highest BCUT2D eigenvalue weighted by molar-refractivity contribution is 6.32. The second-order valence-corrected chi connectivity index (χ2v) is 5.70. The zero-order valence-electron chi connectivity index (χ0n) is 11.8. The Labute approximate surface area is 120 Å². The van der Waals surface area contributed by atoms with E-state index in [0.29, 0.717) is 16.8 Å². The molecule has 0 radical (unpaired) electrons. The average molecular weight is 284 g/mol. The molecular weight excluding hydrogens is 262 g/mol. The standard InChI is InChI=1S/C15H22ClNO2/c1-10-4-6-11(7-5-10)17-13-8-12(16)14(18-2)9-15(13)19-3/h8-11,17H,4-7H2,1-3H3. The highest BCUT2D eigenvalue weighted by atomic mass is 35.5. The van der Waals surface area contributed by atoms with Crippen molar-refractivity contribution in [2.24, 2.45) is 5.92 Å². The molecule has 1 aliphatic carbocycles. The Balaban J connectivity index is 2.13. The lowest BCUT2D eigenvalue weighted by molar-refractivity contribution is 0.359. The lowest BCUT2D eigenvalue weighted by Crippen LogP contribution is -2.25. The van der Waals surface area contributed by atoms with E-state index < -0.39 is 0 Å². The van der Waals surface area contributed by atoms with Gasteiger partial charge in [-0.05, 0) is 37.7 Å². The predicted molar refractivity (Wildman–Crippen MR) is 79.6 cm³/mol. The Morgan fingerprint density at radius 2 is 1.68 bits per heavy atom. The monoisotopic (exact) mass is 283 g/mol. The van der Waals surface area contributed by atoms with E-state index >= 15 is 0 Å². The molecule has 0 aromatic heterocycles. The van der Waals surface area contributed by atoms with E-state index in [2.05, 4.69) is 12.2 Å². The summed E-state index contributed by atoms with van der Waals surface area (Å²) in [6.07, 6.45) is 4.97. The molecule has 0 aliphatic heterocycles. The van der Waals surface area contributed by atoms with Gasteiger partial charge in [-0.3, -0.25) is 0 Å². The molecule has 1 N–H and O–H groups in total. The third-order valence-corrected chi connectivity index (χ3v) is 4.14. The minimum Gasteiger partial charge on any atom is -0.495 e. The van der Waals surface area contributed by atoms with Crippen molar-refractivity contribution in [1.82, 2.24) is 0 Å². The molecule has 0 saturated heterocycles. The van der Waals surface area contributed by atoms with Crippen LogP contribution in [0.5, 0.6) is 11.5 Å². The normalized spacial score (nSPS) is 22.9. The minimum absolute atomic E-state index is 0.509. The van der Waals surface area contributed by atoms with Crippen LogP contribution in [0.4, 0.5) is 5.69 Å². The molecule has 1 fully saturated rings. The Morgan fingerprint density at radius 3 is 2.26 bits per heavy atom. The van der Waals surface area contributed by atoms with E-state index in [1.165, 1.54) is 25.7 Å². The zero-order chi connectivity index (χ0) is 13.8. The van der Waals surface area contributed by atoms with E-state index in [4.69, 9.17) is 21.1 Å². The molecular formula is C15H22ClNO2. The number of hydrogen-bond donors (Lipinski definition) is 1. The first-order valence-corrected chi connectivity index (χ1v) is 7.20. The first-order valence-electron chi connectivity index (χ1n) is 6.82. The van der Waals surface area contributed by atoms with Crippen LogP contribution in [-0.4, -0.2) is 20.3 Å². The van der Waals surface area contributed by atoms with Crippen molar-refractivity contribution in [3.8, 4) is 11.5 Å². The van der Waals surface area contributed by atoms with Crippen LogP contribution in [0.25, 0.3) is 0 Å². The maximum atomic E-state index is 6.18. The van der Waals surface area contributed by atoms with Crippen LogP contribution in [-0.2, 0) is 0 Å². The van der Waals surface area contributed by atoms with Gasteiger partial charge in [0, 0.05) is 12.1 Å². The number of methoxy groups -OCH3 is 2. The van der Waals surface area contributed by atoms with Crippen molar-refractivity contribution in [1.29, 1.82) is 0 Å². The van der Waals surface area contributed by atoms with Crippen molar-refractivity contribution in [3.05, 3.63) is 17.2 Å². The molecule has 19 heavy (non-hydrogen) atoms. The summed E-state index contributed by atoms with van der Waals surface area (Å²) in [5.41, 5.74) is 0.952. The number of ether oxygens (including phenoxy) is 2. The minimum atomic E-state index is 0.509. The Hall–Kier alpha value is -1.09. The van der Waals surface area contributed by atoms with Gasteiger partial charge < -0.3 is 14.8 Å². The third-order valence-electron chi connectivity index (χ3n) is 3.85. The van der Waals surface area contributed by atoms with E-state index in [1.54, 1.807) is 14.2 Å². The van der Waals surface area contributed by atoms with Gasteiger partial charge in [0.15, 0.2) is 0 Å². The summed E-state index contributed by atoms with van der Waals surface area (Å²) in [4.78, 5) is 0. The third kappa shape index (κ3) is 3.47. The molecule has 0 amide bonds. The largest absolute Gasteiger partial charge is 0.495 e. The fraction of sp³-hybridized carbons (Fsp3) is 0.600. The van der Waals surface area contributed by atoms with Gasteiger partial charge in [-0.1, -0.05) is 18.5 Å². The van der Waals surface area contributed by atoms with Crippen LogP contribution in [0.3, 0.4) is 0 Å². The Bertz CT molecular complexity index is 428. The first kappa shape index (κ1) is 14.3. The van der Waals surface area contributed by atoms with Gasteiger partial charge in [0.25, 0.3) is 0 Å². The van der Waals surface area contributed by atoms with Crippen LogP contribution >= 0.6 is 11.6 Å². The average Bonchev–Trinajstić information content (AvgIpc) is 2.42. The quantitative estimate of drug-likeness (QED) is 0.891. The van der Waals surface area contributed by atoms with Crippen molar-refractivity contribution in [2.75, 3.05) is 19.5 Å². The number of benzene rings is 1. The molecule has 1 aromatic rings. The lowest BCUT2D eigenvalue weighted by Gasteiger charge is -2.28. The summed E-state index contributed by atoms with van der Waals surface area (Å²) in [5.74, 6) is 2.26. The van der Waals surface area contributed by atoms with E-state index in [0.717, 1.165) is 17.4 Å². The molecule has 0 unspecified atom stereocenters. The number of nitrogens with one attached hydrogen (secondary N) is 1. The summed E-state index contributed by atoms with van der Waals surface area (Å²) in [5, 5.41) is 4.15. The molecule has 4 heteroatoms. The van der Waals surface area contributed by atoms with Crippen molar-refractivity contribution >= 4 is 17.3 Å². The fourth-order valence-corrected chi connectivity index (χ4v) is 2.84. The fourth-order valence-electron chi connectivity index (χ4n) is 2.60. The van der Waals surface area contributed by atoms with Gasteiger partial charge in [0.2, 0.25) is 0 Å². The van der Waals surface area contributed by atoms with Crippen LogP contribution in [0.1, 0.15) is 32.6 Å². The molecule has 106 valence electrons. The van der Waals surface area contributed by atoms with Gasteiger partial charge in [0.05, 0.1) is 24.9 Å². The number of hydrogen-bond acceptors (Lipinski definition) is 3. The van der Waals surface area contributed by atoms with Crippen LogP contribution in [0, 0.1) is 5.92 Å². The van der Waals surface area contributed by atoms with Crippen LogP contribution in [0.2, 0.25) is 5.02 Å². The summed E-state index contributed by atoms with van der Waals surface area (Å²) in [6.45, 7) is 2.32. The molecule has 0 heterocycles. The van der Waals surface area contributed by atoms with Crippen molar-refractivity contribution in [3.63, 3.8) is 0 Å². The predicted octanol–water partition coefficient (Wildman–Crippen LogP) is 4.35. The molecule has 1 saturated carbocycles. The number of halogens is 1. The first-order chi connectivity index (χ1) is 9.13. The highest BCUT2D eigenvalue weighted by Gasteiger charge is 2.19. The summed E-state index contributed by atoms with van der Waals surface area (Å²) < 4.78 is 10.6. The van der Waals surface area contributed by atoms with E-state index in [9.17, 15) is 0 Å². The summed E-state index contributed by atoms with van der Waals surface area (Å²) in [7, 11) is 3.27. The van der Waals surface area contributed by atoms with Gasteiger partial charge in [-0.2, -0.15) is 0 Å². The molecule has 0 bridgehead atoms. The molecule has 1 aromatic carbocycles. The summed E-state index contributed by atoms with van der Waals surface area (Å²) in [6, 6.07) is 4.22. The Morgan fingerprint density at radius 1 is 1.05 bits per heavy atom. The lowest BCUT2D eigenvalue weighted by atomic mass is 9.87. The van der Waals surface area contributed by atoms with E-state index in [-0.39, 0.29) is 0 Å². The molecule has 1 aliphatic rings.